The van der Waals surface area contributed by atoms with E-state index < -0.39 is 0 Å². The van der Waals surface area contributed by atoms with Gasteiger partial charge in [-0.25, -0.2) is 14.5 Å². The lowest BCUT2D eigenvalue weighted by molar-refractivity contribution is 0.0793. The maximum Gasteiger partial charge on any atom is 0.272 e. The molecule has 0 aliphatic carbocycles. The number of nitrogens with zero attached hydrogens (tertiary/aromatic N) is 6. The molecule has 4 heterocycles. The van der Waals surface area contributed by atoms with E-state index in [0.717, 1.165) is 0 Å². The molecule has 146 valence electrons. The highest BCUT2D eigenvalue weighted by Crippen LogP contribution is 2.28. The monoisotopic (exact) mass is 388 g/mol. The zero-order valence-electron chi connectivity index (χ0n) is 15.9. The van der Waals surface area contributed by atoms with E-state index in [9.17, 15) is 4.79 Å². The number of carbonyl (C=O) groups is 1. The molecule has 9 nitrogen and oxygen atoms in total. The van der Waals surface area contributed by atoms with E-state index in [4.69, 9.17) is 11.5 Å². The fourth-order valence-electron chi connectivity index (χ4n) is 3.05. The van der Waals surface area contributed by atoms with Gasteiger partial charge in [-0.05, 0) is 24.3 Å². The first-order valence-electron chi connectivity index (χ1n) is 9.06. The third-order valence-electron chi connectivity index (χ3n) is 4.50. The van der Waals surface area contributed by atoms with E-state index in [1.807, 2.05) is 24.3 Å². The molecule has 4 N–H and O–H groups in total. The van der Waals surface area contributed by atoms with Gasteiger partial charge in [-0.1, -0.05) is 12.1 Å². The number of nitrogens with two attached hydrogens (primary N) is 2. The van der Waals surface area contributed by atoms with Gasteiger partial charge in [-0.15, -0.1) is 5.10 Å². The van der Waals surface area contributed by atoms with Gasteiger partial charge < -0.3 is 16.4 Å². The standard InChI is InChI=1S/C20H20N8O/c1-27(10-8-21)20(29)16-7-4-6-14(25-16)13-11-24-19-17(15-5-2-3-9-23-15)18(22)26-28(19)12-13/h2-7,9,11-12H,8,10,21H2,1H3,(H2,22,26). The lowest BCUT2D eigenvalue weighted by Gasteiger charge is -2.15. The smallest absolute Gasteiger partial charge is 0.272 e. The molecule has 9 heteroatoms. The van der Waals surface area contributed by atoms with Gasteiger partial charge in [0, 0.05) is 44.3 Å². The SMILES string of the molecule is CN(CCN)C(=O)c1cccc(-c2cnc3c(-c4ccccn4)c(N)nn3c2)n1. The highest BCUT2D eigenvalue weighted by atomic mass is 16.2. The van der Waals surface area contributed by atoms with E-state index in [-0.39, 0.29) is 5.91 Å². The number of pyridine rings is 2. The molecule has 1 amide bonds. The average molecular weight is 388 g/mol. The fourth-order valence-corrected chi connectivity index (χ4v) is 3.05. The highest BCUT2D eigenvalue weighted by molar-refractivity contribution is 5.92. The predicted octanol–water partition coefficient (Wildman–Crippen LogP) is 1.47. The Hall–Kier alpha value is -3.85. The van der Waals surface area contributed by atoms with E-state index >= 15 is 0 Å². The van der Waals surface area contributed by atoms with Crippen molar-refractivity contribution in [2.45, 2.75) is 0 Å². The first kappa shape index (κ1) is 18.5. The third-order valence-corrected chi connectivity index (χ3v) is 4.50. The number of hydrogen-bond donors (Lipinski definition) is 2. The largest absolute Gasteiger partial charge is 0.382 e. The van der Waals surface area contributed by atoms with Crippen molar-refractivity contribution >= 4 is 17.4 Å². The Kier molecular flexibility index (Phi) is 4.88. The predicted molar refractivity (Wildman–Crippen MR) is 110 cm³/mol. The number of likely N-dealkylation sites (N-methyl/N-ethyl adjacent to an activating group) is 1. The minimum Gasteiger partial charge on any atom is -0.382 e. The normalized spacial score (nSPS) is 11.0. The van der Waals surface area contributed by atoms with Crippen LogP contribution in [-0.4, -0.2) is 55.5 Å². The number of rotatable bonds is 5. The molecule has 0 aliphatic rings. The van der Waals surface area contributed by atoms with Crippen molar-refractivity contribution in [3.63, 3.8) is 0 Å². The maximum absolute atomic E-state index is 12.5. The van der Waals surface area contributed by atoms with Crippen molar-refractivity contribution < 1.29 is 4.79 Å². The molecule has 29 heavy (non-hydrogen) atoms. The van der Waals surface area contributed by atoms with Crippen LogP contribution >= 0.6 is 0 Å². The van der Waals surface area contributed by atoms with Crippen LogP contribution in [0.5, 0.6) is 0 Å². The summed E-state index contributed by atoms with van der Waals surface area (Å²) in [6.07, 6.45) is 5.16. The third kappa shape index (κ3) is 3.50. The Labute approximate surface area is 167 Å². The topological polar surface area (TPSA) is 128 Å². The molecule has 0 atom stereocenters. The number of hydrogen-bond acceptors (Lipinski definition) is 7. The van der Waals surface area contributed by atoms with Crippen molar-refractivity contribution in [3.05, 3.63) is 60.7 Å². The number of nitrogen functional groups attached to an aromatic ring is 1. The Morgan fingerprint density at radius 3 is 2.72 bits per heavy atom. The van der Waals surface area contributed by atoms with Crippen molar-refractivity contribution in [1.29, 1.82) is 0 Å². The molecule has 0 unspecified atom stereocenters. The quantitative estimate of drug-likeness (QED) is 0.530. The second-order valence-corrected chi connectivity index (χ2v) is 6.51. The lowest BCUT2D eigenvalue weighted by Crippen LogP contribution is -2.32. The molecule has 0 aromatic carbocycles. The molecule has 0 bridgehead atoms. The Morgan fingerprint density at radius 1 is 1.14 bits per heavy atom. The van der Waals surface area contributed by atoms with Gasteiger partial charge in [-0.3, -0.25) is 9.78 Å². The number of amides is 1. The van der Waals surface area contributed by atoms with E-state index in [1.54, 1.807) is 47.2 Å². The van der Waals surface area contributed by atoms with Crippen molar-refractivity contribution in [3.8, 4) is 22.5 Å². The van der Waals surface area contributed by atoms with E-state index in [2.05, 4.69) is 20.1 Å². The number of carbonyl (C=O) groups excluding carboxylic acids is 1. The second-order valence-electron chi connectivity index (χ2n) is 6.51. The molecule has 0 spiro atoms. The molecule has 0 radical (unpaired) electrons. The highest BCUT2D eigenvalue weighted by Gasteiger charge is 2.17. The van der Waals surface area contributed by atoms with E-state index in [0.29, 0.717) is 52.8 Å². The van der Waals surface area contributed by atoms with Gasteiger partial charge in [-0.2, -0.15) is 0 Å². The summed E-state index contributed by atoms with van der Waals surface area (Å²) in [5.41, 5.74) is 15.3. The summed E-state index contributed by atoms with van der Waals surface area (Å²) in [4.78, 5) is 27.4. The van der Waals surface area contributed by atoms with Crippen LogP contribution < -0.4 is 11.5 Å². The van der Waals surface area contributed by atoms with Crippen LogP contribution in [0.2, 0.25) is 0 Å². The van der Waals surface area contributed by atoms with Crippen molar-refractivity contribution in [1.82, 2.24) is 29.5 Å². The molecular weight excluding hydrogens is 368 g/mol. The van der Waals surface area contributed by atoms with Crippen LogP contribution in [0.15, 0.2) is 55.0 Å². The van der Waals surface area contributed by atoms with Crippen LogP contribution in [0.4, 0.5) is 5.82 Å². The summed E-state index contributed by atoms with van der Waals surface area (Å²) in [5.74, 6) is 0.153. The van der Waals surface area contributed by atoms with Gasteiger partial charge in [0.05, 0.1) is 17.0 Å². The lowest BCUT2D eigenvalue weighted by atomic mass is 10.2. The van der Waals surface area contributed by atoms with E-state index in [1.165, 1.54) is 0 Å². The van der Waals surface area contributed by atoms with Gasteiger partial charge in [0.25, 0.3) is 5.91 Å². The molecular formula is C20H20N8O. The molecule has 0 aliphatic heterocycles. The first-order valence-corrected chi connectivity index (χ1v) is 9.06. The van der Waals surface area contributed by atoms with Crippen LogP contribution in [0.1, 0.15) is 10.5 Å². The van der Waals surface area contributed by atoms with Crippen molar-refractivity contribution in [2.24, 2.45) is 5.73 Å². The van der Waals surface area contributed by atoms with Gasteiger partial charge in [0.1, 0.15) is 5.69 Å². The zero-order valence-corrected chi connectivity index (χ0v) is 15.9. The molecule has 0 saturated carbocycles. The summed E-state index contributed by atoms with van der Waals surface area (Å²) in [7, 11) is 1.70. The van der Waals surface area contributed by atoms with Crippen LogP contribution in [0, 0.1) is 0 Å². The Bertz CT molecular complexity index is 1170. The van der Waals surface area contributed by atoms with Crippen LogP contribution in [0.25, 0.3) is 28.2 Å². The number of aromatic nitrogens is 5. The van der Waals surface area contributed by atoms with Gasteiger partial charge in [0.2, 0.25) is 0 Å². The summed E-state index contributed by atoms with van der Waals surface area (Å²) < 4.78 is 1.60. The van der Waals surface area contributed by atoms with Gasteiger partial charge >= 0.3 is 0 Å². The Balaban J connectivity index is 1.73. The summed E-state index contributed by atoms with van der Waals surface area (Å²) in [6, 6.07) is 10.9. The maximum atomic E-state index is 12.5. The van der Waals surface area contributed by atoms with Gasteiger partial charge in [0.15, 0.2) is 11.5 Å². The van der Waals surface area contributed by atoms with Crippen LogP contribution in [0.3, 0.4) is 0 Å². The van der Waals surface area contributed by atoms with Crippen molar-refractivity contribution in [2.75, 3.05) is 25.9 Å². The minimum absolute atomic E-state index is 0.188. The molecule has 0 saturated heterocycles. The zero-order chi connectivity index (χ0) is 20.4. The number of fused-ring (bicyclic) bond motifs is 1. The minimum atomic E-state index is -0.188. The summed E-state index contributed by atoms with van der Waals surface area (Å²) in [5, 5.41) is 4.36. The molecule has 4 aromatic rings. The van der Waals surface area contributed by atoms with Crippen LogP contribution in [-0.2, 0) is 0 Å². The summed E-state index contributed by atoms with van der Waals surface area (Å²) >= 11 is 0. The number of anilines is 1. The molecule has 4 aromatic heterocycles. The average Bonchev–Trinajstić information content (AvgIpc) is 3.09. The first-order chi connectivity index (χ1) is 14.1. The second kappa shape index (κ2) is 7.64. The fraction of sp³-hybridized carbons (Fsp3) is 0.150. The summed E-state index contributed by atoms with van der Waals surface area (Å²) in [6.45, 7) is 0.850. The molecule has 4 rings (SSSR count). The Morgan fingerprint density at radius 2 is 1.97 bits per heavy atom. The molecule has 0 fully saturated rings.